The first-order valence-electron chi connectivity index (χ1n) is 5.74. The number of aromatic nitrogens is 2. The minimum absolute atomic E-state index is 0.188. The Bertz CT molecular complexity index is 667. The number of ether oxygens (including phenoxy) is 1. The highest BCUT2D eigenvalue weighted by molar-refractivity contribution is 6.30. The molecule has 0 fully saturated rings. The molecule has 0 aliphatic carbocycles. The molecule has 0 aliphatic rings. The second-order valence-electron chi connectivity index (χ2n) is 3.93. The van der Waals surface area contributed by atoms with E-state index in [9.17, 15) is 9.59 Å². The normalized spacial score (nSPS) is 10.2. The first-order valence-corrected chi connectivity index (χ1v) is 6.12. The van der Waals surface area contributed by atoms with Crippen LogP contribution in [0, 0.1) is 0 Å². The van der Waals surface area contributed by atoms with Crippen LogP contribution in [0.5, 0.6) is 5.75 Å². The Labute approximate surface area is 119 Å². The number of carbonyl (C=O) groups is 1. The van der Waals surface area contributed by atoms with Crippen LogP contribution in [-0.4, -0.2) is 27.2 Å². The number of hydrogen-bond acceptors (Lipinski definition) is 4. The summed E-state index contributed by atoms with van der Waals surface area (Å²) >= 11 is 5.74. The zero-order valence-corrected chi connectivity index (χ0v) is 11.1. The lowest BCUT2D eigenvalue weighted by Crippen LogP contribution is -2.24. The summed E-state index contributed by atoms with van der Waals surface area (Å²) < 4.78 is 6.76. The summed E-state index contributed by atoms with van der Waals surface area (Å²) in [6.07, 6.45) is 2.76. The van der Waals surface area contributed by atoms with Crippen LogP contribution in [0.2, 0.25) is 5.02 Å². The molecular formula is C13H11ClN2O4. The third kappa shape index (κ3) is 3.58. The Hall–Kier alpha value is -2.34. The van der Waals surface area contributed by atoms with Gasteiger partial charge in [-0.25, -0.2) is 14.6 Å². The molecule has 0 aliphatic heterocycles. The standard InChI is InChI=1S/C13H11ClN2O4/c14-10-7-15-13(19)16(8-10)5-6-20-11-3-1-9(2-4-11)12(17)18/h1-4,7-8H,5-6H2,(H,17,18). The summed E-state index contributed by atoms with van der Waals surface area (Å²) in [4.78, 5) is 25.7. The number of rotatable bonds is 5. The van der Waals surface area contributed by atoms with E-state index in [1.807, 2.05) is 0 Å². The summed E-state index contributed by atoms with van der Waals surface area (Å²) in [6, 6.07) is 6.01. The molecule has 0 radical (unpaired) electrons. The lowest BCUT2D eigenvalue weighted by Gasteiger charge is -2.08. The second kappa shape index (κ2) is 6.21. The molecule has 2 rings (SSSR count). The van der Waals surface area contributed by atoms with E-state index in [4.69, 9.17) is 21.4 Å². The molecule has 1 heterocycles. The first kappa shape index (κ1) is 14.1. The fraction of sp³-hybridized carbons (Fsp3) is 0.154. The average Bonchev–Trinajstić information content (AvgIpc) is 2.43. The van der Waals surface area contributed by atoms with Crippen LogP contribution in [0.4, 0.5) is 0 Å². The van der Waals surface area contributed by atoms with Crippen LogP contribution in [0.3, 0.4) is 0 Å². The van der Waals surface area contributed by atoms with Gasteiger partial charge in [-0.2, -0.15) is 0 Å². The fourth-order valence-corrected chi connectivity index (χ4v) is 1.71. The Morgan fingerprint density at radius 2 is 2.05 bits per heavy atom. The van der Waals surface area contributed by atoms with Crippen LogP contribution in [0.1, 0.15) is 10.4 Å². The highest BCUT2D eigenvalue weighted by Crippen LogP contribution is 2.12. The van der Waals surface area contributed by atoms with E-state index in [0.717, 1.165) is 0 Å². The van der Waals surface area contributed by atoms with Crippen molar-refractivity contribution in [1.82, 2.24) is 9.55 Å². The second-order valence-corrected chi connectivity index (χ2v) is 4.36. The topological polar surface area (TPSA) is 81.4 Å². The van der Waals surface area contributed by atoms with Crippen molar-refractivity contribution in [2.24, 2.45) is 0 Å². The van der Waals surface area contributed by atoms with Crippen molar-refractivity contribution in [2.45, 2.75) is 6.54 Å². The van der Waals surface area contributed by atoms with Gasteiger partial charge in [0.05, 0.1) is 23.3 Å². The molecule has 1 N–H and O–H groups in total. The van der Waals surface area contributed by atoms with Gasteiger partial charge in [0.2, 0.25) is 0 Å². The third-order valence-corrected chi connectivity index (χ3v) is 2.72. The molecule has 0 unspecified atom stereocenters. The van der Waals surface area contributed by atoms with Gasteiger partial charge in [0.15, 0.2) is 0 Å². The molecule has 20 heavy (non-hydrogen) atoms. The van der Waals surface area contributed by atoms with E-state index >= 15 is 0 Å². The van der Waals surface area contributed by atoms with Crippen molar-refractivity contribution in [1.29, 1.82) is 0 Å². The molecule has 0 saturated heterocycles. The number of nitrogens with zero attached hydrogens (tertiary/aromatic N) is 2. The van der Waals surface area contributed by atoms with Gasteiger partial charge < -0.3 is 9.84 Å². The number of aromatic carboxylic acids is 1. The fourth-order valence-electron chi connectivity index (χ4n) is 1.54. The molecular weight excluding hydrogens is 284 g/mol. The largest absolute Gasteiger partial charge is 0.492 e. The average molecular weight is 295 g/mol. The van der Waals surface area contributed by atoms with Crippen molar-refractivity contribution in [3.63, 3.8) is 0 Å². The maximum Gasteiger partial charge on any atom is 0.347 e. The predicted molar refractivity (Wildman–Crippen MR) is 72.4 cm³/mol. The number of halogens is 1. The highest BCUT2D eigenvalue weighted by Gasteiger charge is 2.03. The predicted octanol–water partition coefficient (Wildman–Crippen LogP) is 1.67. The molecule has 0 saturated carbocycles. The molecule has 6 nitrogen and oxygen atoms in total. The zero-order chi connectivity index (χ0) is 14.5. The molecule has 1 aromatic carbocycles. The monoisotopic (exact) mass is 294 g/mol. The van der Waals surface area contributed by atoms with E-state index < -0.39 is 11.7 Å². The molecule has 0 spiro atoms. The van der Waals surface area contributed by atoms with Gasteiger partial charge in [-0.3, -0.25) is 4.57 Å². The first-order chi connectivity index (χ1) is 9.56. The molecule has 0 amide bonds. The van der Waals surface area contributed by atoms with E-state index in [2.05, 4.69) is 4.98 Å². The van der Waals surface area contributed by atoms with Gasteiger partial charge in [0, 0.05) is 6.20 Å². The van der Waals surface area contributed by atoms with Gasteiger partial charge in [-0.05, 0) is 24.3 Å². The molecule has 0 bridgehead atoms. The van der Waals surface area contributed by atoms with Gasteiger partial charge in [0.1, 0.15) is 12.4 Å². The summed E-state index contributed by atoms with van der Waals surface area (Å²) in [5.74, 6) is -0.467. The Kier molecular flexibility index (Phi) is 4.37. The van der Waals surface area contributed by atoms with E-state index in [1.165, 1.54) is 29.1 Å². The lowest BCUT2D eigenvalue weighted by molar-refractivity contribution is 0.0697. The molecule has 104 valence electrons. The Balaban J connectivity index is 1.94. The van der Waals surface area contributed by atoms with Gasteiger partial charge in [-0.1, -0.05) is 11.6 Å². The van der Waals surface area contributed by atoms with Crippen molar-refractivity contribution < 1.29 is 14.6 Å². The lowest BCUT2D eigenvalue weighted by atomic mass is 10.2. The Morgan fingerprint density at radius 3 is 2.70 bits per heavy atom. The van der Waals surface area contributed by atoms with E-state index in [-0.39, 0.29) is 12.2 Å². The smallest absolute Gasteiger partial charge is 0.347 e. The Morgan fingerprint density at radius 1 is 1.35 bits per heavy atom. The van der Waals surface area contributed by atoms with Crippen LogP contribution in [-0.2, 0) is 6.54 Å². The molecule has 2 aromatic rings. The van der Waals surface area contributed by atoms with Crippen molar-refractivity contribution in [3.05, 3.63) is 57.7 Å². The minimum atomic E-state index is -0.992. The highest BCUT2D eigenvalue weighted by atomic mass is 35.5. The maximum absolute atomic E-state index is 11.4. The molecule has 1 aromatic heterocycles. The van der Waals surface area contributed by atoms with Crippen LogP contribution in [0.15, 0.2) is 41.5 Å². The summed E-state index contributed by atoms with van der Waals surface area (Å²) in [7, 11) is 0. The minimum Gasteiger partial charge on any atom is -0.492 e. The van der Waals surface area contributed by atoms with Gasteiger partial charge in [0.25, 0.3) is 0 Å². The number of benzene rings is 1. The molecule has 0 atom stereocenters. The number of hydrogen-bond donors (Lipinski definition) is 1. The summed E-state index contributed by atoms with van der Waals surface area (Å²) in [5, 5.41) is 9.13. The van der Waals surface area contributed by atoms with Gasteiger partial charge >= 0.3 is 11.7 Å². The van der Waals surface area contributed by atoms with E-state index in [1.54, 1.807) is 12.1 Å². The summed E-state index contributed by atoms with van der Waals surface area (Å²) in [5.41, 5.74) is -0.216. The van der Waals surface area contributed by atoms with Crippen LogP contribution >= 0.6 is 11.6 Å². The quantitative estimate of drug-likeness (QED) is 0.907. The van der Waals surface area contributed by atoms with Crippen molar-refractivity contribution >= 4 is 17.6 Å². The van der Waals surface area contributed by atoms with Crippen molar-refractivity contribution in [3.8, 4) is 5.75 Å². The number of carboxylic acid groups (broad SMARTS) is 1. The summed E-state index contributed by atoms with van der Waals surface area (Å²) in [6.45, 7) is 0.543. The molecule has 7 heteroatoms. The van der Waals surface area contributed by atoms with Crippen LogP contribution in [0.25, 0.3) is 0 Å². The maximum atomic E-state index is 11.4. The third-order valence-electron chi connectivity index (χ3n) is 2.53. The van der Waals surface area contributed by atoms with Gasteiger partial charge in [-0.15, -0.1) is 0 Å². The SMILES string of the molecule is O=C(O)c1ccc(OCCn2cc(Cl)cnc2=O)cc1. The van der Waals surface area contributed by atoms with E-state index in [0.29, 0.717) is 17.3 Å². The number of carboxylic acids is 1. The van der Waals surface area contributed by atoms with Crippen molar-refractivity contribution in [2.75, 3.05) is 6.61 Å². The zero-order valence-electron chi connectivity index (χ0n) is 10.3. The van der Waals surface area contributed by atoms with Crippen LogP contribution < -0.4 is 10.4 Å².